The highest BCUT2D eigenvalue weighted by Crippen LogP contribution is 2.28. The number of pyridine rings is 1. The van der Waals surface area contributed by atoms with E-state index >= 15 is 0 Å². The Bertz CT molecular complexity index is 753. The molecule has 2 N–H and O–H groups in total. The van der Waals surface area contributed by atoms with Crippen molar-refractivity contribution in [3.63, 3.8) is 0 Å². The van der Waals surface area contributed by atoms with Gasteiger partial charge in [-0.05, 0) is 44.4 Å². The van der Waals surface area contributed by atoms with E-state index in [1.165, 1.54) is 12.8 Å². The Morgan fingerprint density at radius 1 is 1.19 bits per heavy atom. The molecule has 0 bridgehead atoms. The largest absolute Gasteiger partial charge is 0.420 e. The fourth-order valence-corrected chi connectivity index (χ4v) is 3.78. The number of primary amides is 1. The van der Waals surface area contributed by atoms with Gasteiger partial charge in [0, 0.05) is 25.8 Å². The maximum atomic E-state index is 11.1. The number of hydrogen-bond donors (Lipinski definition) is 1. The smallest absolute Gasteiger partial charge is 0.249 e. The maximum Gasteiger partial charge on any atom is 0.249 e. The number of nitrogens with zero attached hydrogens (tertiary/aromatic N) is 5. The number of amides is 1. The number of hydrogen-bond acceptors (Lipinski definition) is 7. The van der Waals surface area contributed by atoms with Crippen molar-refractivity contribution in [1.29, 1.82) is 0 Å². The molecule has 0 saturated carbocycles. The third kappa shape index (κ3) is 3.70. The van der Waals surface area contributed by atoms with Gasteiger partial charge in [0.15, 0.2) is 0 Å². The number of carbonyl (C=O) groups is 1. The number of nitrogens with two attached hydrogens (primary N) is 1. The van der Waals surface area contributed by atoms with Crippen LogP contribution in [-0.2, 0) is 4.79 Å². The van der Waals surface area contributed by atoms with E-state index < -0.39 is 0 Å². The molecule has 8 nitrogen and oxygen atoms in total. The summed E-state index contributed by atoms with van der Waals surface area (Å²) in [7, 11) is 0. The molecule has 8 heteroatoms. The summed E-state index contributed by atoms with van der Waals surface area (Å²) in [5, 5.41) is 8.43. The van der Waals surface area contributed by atoms with Crippen LogP contribution in [0.3, 0.4) is 0 Å². The van der Waals surface area contributed by atoms with Crippen molar-refractivity contribution in [3.05, 3.63) is 24.2 Å². The molecule has 2 aromatic rings. The summed E-state index contributed by atoms with van der Waals surface area (Å²) in [6, 6.07) is 4.00. The first kappa shape index (κ1) is 17.0. The van der Waals surface area contributed by atoms with Crippen LogP contribution < -0.4 is 10.6 Å². The van der Waals surface area contributed by atoms with Crippen molar-refractivity contribution in [3.8, 4) is 11.5 Å². The lowest BCUT2D eigenvalue weighted by molar-refractivity contribution is -0.119. The SMILES string of the molecule is NC(=O)CN1CCC[C@@H](c2nnc(-c3ccc(N4CCCC4)nc3)o2)C1. The standard InChI is InChI=1S/C18H24N6O2/c19-15(25)12-23-7-3-4-14(11-23)18-22-21-17(26-18)13-5-6-16(20-10-13)24-8-1-2-9-24/h5-6,10,14H,1-4,7-9,11-12H2,(H2,19,25)/t14-/m1/s1. The van der Waals surface area contributed by atoms with Crippen molar-refractivity contribution in [1.82, 2.24) is 20.1 Å². The Hall–Kier alpha value is -2.48. The highest BCUT2D eigenvalue weighted by Gasteiger charge is 2.26. The monoisotopic (exact) mass is 356 g/mol. The lowest BCUT2D eigenvalue weighted by Gasteiger charge is -2.29. The molecule has 0 radical (unpaired) electrons. The number of anilines is 1. The first-order valence-electron chi connectivity index (χ1n) is 9.24. The van der Waals surface area contributed by atoms with Crippen molar-refractivity contribution in [2.24, 2.45) is 5.73 Å². The van der Waals surface area contributed by atoms with Crippen LogP contribution in [0.4, 0.5) is 5.82 Å². The topological polar surface area (TPSA) is 101 Å². The molecule has 1 atom stereocenters. The first-order valence-corrected chi connectivity index (χ1v) is 9.24. The van der Waals surface area contributed by atoms with Crippen molar-refractivity contribution < 1.29 is 9.21 Å². The minimum absolute atomic E-state index is 0.140. The lowest BCUT2D eigenvalue weighted by Crippen LogP contribution is -2.40. The highest BCUT2D eigenvalue weighted by molar-refractivity contribution is 5.75. The molecule has 2 fully saturated rings. The van der Waals surface area contributed by atoms with Gasteiger partial charge in [-0.15, -0.1) is 10.2 Å². The third-order valence-corrected chi connectivity index (χ3v) is 5.10. The number of carbonyl (C=O) groups excluding carboxylic acids is 1. The molecule has 2 aliphatic rings. The predicted molar refractivity (Wildman–Crippen MR) is 96.6 cm³/mol. The van der Waals surface area contributed by atoms with Crippen LogP contribution in [0, 0.1) is 0 Å². The van der Waals surface area contributed by atoms with Crippen molar-refractivity contribution >= 4 is 11.7 Å². The molecular weight excluding hydrogens is 332 g/mol. The Balaban J connectivity index is 1.44. The summed E-state index contributed by atoms with van der Waals surface area (Å²) >= 11 is 0. The summed E-state index contributed by atoms with van der Waals surface area (Å²) < 4.78 is 5.91. The van der Waals surface area contributed by atoms with Crippen LogP contribution in [0.5, 0.6) is 0 Å². The maximum absolute atomic E-state index is 11.1. The molecule has 0 aromatic carbocycles. The number of likely N-dealkylation sites (tertiary alicyclic amines) is 1. The van der Waals surface area contributed by atoms with E-state index in [0.29, 0.717) is 11.8 Å². The quantitative estimate of drug-likeness (QED) is 0.864. The van der Waals surface area contributed by atoms with Gasteiger partial charge in [0.05, 0.1) is 18.0 Å². The van der Waals surface area contributed by atoms with Gasteiger partial charge in [-0.1, -0.05) is 0 Å². The minimum atomic E-state index is -0.305. The molecule has 138 valence electrons. The van der Waals surface area contributed by atoms with E-state index in [1.807, 2.05) is 17.0 Å². The Morgan fingerprint density at radius 2 is 2.04 bits per heavy atom. The molecule has 2 saturated heterocycles. The minimum Gasteiger partial charge on any atom is -0.420 e. The van der Waals surface area contributed by atoms with Gasteiger partial charge in [-0.2, -0.15) is 0 Å². The van der Waals surface area contributed by atoms with E-state index in [9.17, 15) is 4.79 Å². The molecule has 2 aliphatic heterocycles. The van der Waals surface area contributed by atoms with E-state index in [1.54, 1.807) is 6.20 Å². The number of piperidine rings is 1. The normalized spacial score (nSPS) is 21.2. The summed E-state index contributed by atoms with van der Waals surface area (Å²) in [5.41, 5.74) is 6.13. The van der Waals surface area contributed by atoms with Crippen LogP contribution in [0.25, 0.3) is 11.5 Å². The second-order valence-corrected chi connectivity index (χ2v) is 7.09. The van der Waals surface area contributed by atoms with Crippen LogP contribution in [0.15, 0.2) is 22.7 Å². The molecule has 0 unspecified atom stereocenters. The van der Waals surface area contributed by atoms with Gasteiger partial charge in [-0.25, -0.2) is 4.98 Å². The Labute approximate surface area is 152 Å². The highest BCUT2D eigenvalue weighted by atomic mass is 16.4. The van der Waals surface area contributed by atoms with E-state index in [0.717, 1.165) is 50.4 Å². The predicted octanol–water partition coefficient (Wildman–Crippen LogP) is 1.40. The summed E-state index contributed by atoms with van der Waals surface area (Å²) in [6.45, 7) is 4.01. The fourth-order valence-electron chi connectivity index (χ4n) is 3.78. The van der Waals surface area contributed by atoms with Gasteiger partial charge in [-0.3, -0.25) is 9.69 Å². The summed E-state index contributed by atoms with van der Waals surface area (Å²) in [6.07, 6.45) is 6.21. The molecule has 4 heterocycles. The molecule has 4 rings (SSSR count). The molecule has 0 aliphatic carbocycles. The van der Waals surface area contributed by atoms with Gasteiger partial charge in [0.2, 0.25) is 17.7 Å². The second-order valence-electron chi connectivity index (χ2n) is 7.09. The molecule has 0 spiro atoms. The van der Waals surface area contributed by atoms with Crippen LogP contribution in [0.1, 0.15) is 37.5 Å². The van der Waals surface area contributed by atoms with Gasteiger partial charge in [0.25, 0.3) is 0 Å². The van der Waals surface area contributed by atoms with E-state index in [4.69, 9.17) is 10.2 Å². The molecular formula is C18H24N6O2. The van der Waals surface area contributed by atoms with E-state index in [2.05, 4.69) is 20.1 Å². The molecule has 2 aromatic heterocycles. The van der Waals surface area contributed by atoms with Crippen molar-refractivity contribution in [2.75, 3.05) is 37.6 Å². The first-order chi connectivity index (χ1) is 12.7. The Kier molecular flexibility index (Phi) is 4.83. The second kappa shape index (κ2) is 7.41. The van der Waals surface area contributed by atoms with Gasteiger partial charge < -0.3 is 15.1 Å². The number of aromatic nitrogens is 3. The average molecular weight is 356 g/mol. The average Bonchev–Trinajstić information content (AvgIpc) is 3.34. The van der Waals surface area contributed by atoms with Gasteiger partial charge in [0.1, 0.15) is 5.82 Å². The zero-order valence-corrected chi connectivity index (χ0v) is 14.8. The molecule has 26 heavy (non-hydrogen) atoms. The van der Waals surface area contributed by atoms with Gasteiger partial charge >= 0.3 is 0 Å². The van der Waals surface area contributed by atoms with Crippen LogP contribution in [-0.4, -0.2) is 58.7 Å². The number of rotatable bonds is 5. The van der Waals surface area contributed by atoms with Crippen LogP contribution in [0.2, 0.25) is 0 Å². The summed E-state index contributed by atoms with van der Waals surface area (Å²) in [4.78, 5) is 20.0. The fraction of sp³-hybridized carbons (Fsp3) is 0.556. The van der Waals surface area contributed by atoms with Crippen molar-refractivity contribution in [2.45, 2.75) is 31.6 Å². The van der Waals surface area contributed by atoms with Crippen LogP contribution >= 0.6 is 0 Å². The molecule has 1 amide bonds. The zero-order valence-electron chi connectivity index (χ0n) is 14.8. The zero-order chi connectivity index (χ0) is 17.9. The Morgan fingerprint density at radius 3 is 2.77 bits per heavy atom. The lowest BCUT2D eigenvalue weighted by atomic mass is 9.98. The van der Waals surface area contributed by atoms with E-state index in [-0.39, 0.29) is 18.4 Å². The third-order valence-electron chi connectivity index (χ3n) is 5.10. The summed E-state index contributed by atoms with van der Waals surface area (Å²) in [5.74, 6) is 1.95.